The number of benzene rings is 2. The molecule has 3 aromatic rings. The molecule has 0 saturated carbocycles. The number of carbonyl (C=O) groups is 1. The van der Waals surface area contributed by atoms with Gasteiger partial charge in [-0.3, -0.25) is 9.69 Å². The van der Waals surface area contributed by atoms with Gasteiger partial charge in [0.05, 0.1) is 11.6 Å². The Kier molecular flexibility index (Phi) is 7.63. The third-order valence-electron chi connectivity index (χ3n) is 6.42. The Balaban J connectivity index is 1.40. The molecule has 0 aliphatic carbocycles. The number of carbonyl (C=O) groups excluding carboxylic acids is 1. The lowest BCUT2D eigenvalue weighted by Gasteiger charge is -2.28. The third kappa shape index (κ3) is 5.47. The summed E-state index contributed by atoms with van der Waals surface area (Å²) < 4.78 is 34.9. The SMILES string of the molecule is CC(C)OC(=O)C(N)CCCCCN1CCc2c(c3cc(F)ccc3n2-c2ccc(F)cc2)C1. The zero-order chi connectivity index (χ0) is 24.2. The van der Waals surface area contributed by atoms with E-state index in [4.69, 9.17) is 10.5 Å². The smallest absolute Gasteiger partial charge is 0.323 e. The Bertz CT molecular complexity index is 1140. The molecule has 1 aliphatic rings. The molecular formula is C27H33F2N3O2. The molecule has 1 unspecified atom stereocenters. The summed E-state index contributed by atoms with van der Waals surface area (Å²) in [5.74, 6) is -0.858. The molecule has 1 aliphatic heterocycles. The van der Waals surface area contributed by atoms with Gasteiger partial charge in [-0.25, -0.2) is 8.78 Å². The summed E-state index contributed by atoms with van der Waals surface area (Å²) in [5, 5.41) is 0.915. The van der Waals surface area contributed by atoms with Crippen molar-refractivity contribution in [3.63, 3.8) is 0 Å². The number of nitrogens with zero attached hydrogens (tertiary/aromatic N) is 2. The molecule has 0 bridgehead atoms. The molecule has 0 amide bonds. The molecule has 182 valence electrons. The molecule has 0 spiro atoms. The lowest BCUT2D eigenvalue weighted by atomic mass is 10.0. The van der Waals surface area contributed by atoms with Crippen molar-refractivity contribution >= 4 is 16.9 Å². The van der Waals surface area contributed by atoms with Crippen LogP contribution in [0.4, 0.5) is 8.78 Å². The lowest BCUT2D eigenvalue weighted by molar-refractivity contribution is -0.149. The standard InChI is InChI=1S/C27H33F2N3O2/c1-18(2)34-27(33)24(30)6-4-3-5-14-31-15-13-26-23(17-31)22-16-20(29)9-12-25(22)32(26)21-10-7-19(28)8-11-21/h7-12,16,18,24H,3-6,13-15,17,30H2,1-2H3. The van der Waals surface area contributed by atoms with Crippen LogP contribution in [0.1, 0.15) is 50.8 Å². The van der Waals surface area contributed by atoms with Crippen LogP contribution in [0.15, 0.2) is 42.5 Å². The van der Waals surface area contributed by atoms with E-state index in [2.05, 4.69) is 9.47 Å². The van der Waals surface area contributed by atoms with E-state index in [0.29, 0.717) is 6.42 Å². The first-order chi connectivity index (χ1) is 16.3. The summed E-state index contributed by atoms with van der Waals surface area (Å²) in [7, 11) is 0. The number of rotatable bonds is 9. The highest BCUT2D eigenvalue weighted by molar-refractivity contribution is 5.87. The van der Waals surface area contributed by atoms with Crippen molar-refractivity contribution in [3.05, 3.63) is 65.4 Å². The van der Waals surface area contributed by atoms with E-state index in [0.717, 1.165) is 73.2 Å². The van der Waals surface area contributed by atoms with Crippen LogP contribution in [0.25, 0.3) is 16.6 Å². The number of nitrogens with two attached hydrogens (primary N) is 1. The van der Waals surface area contributed by atoms with Gasteiger partial charge in [0, 0.05) is 36.3 Å². The summed E-state index contributed by atoms with van der Waals surface area (Å²) in [6.07, 6.45) is 4.19. The second kappa shape index (κ2) is 10.7. The minimum atomic E-state index is -0.563. The molecule has 2 N–H and O–H groups in total. The van der Waals surface area contributed by atoms with E-state index in [1.807, 2.05) is 19.9 Å². The van der Waals surface area contributed by atoms with Crippen LogP contribution in [0.5, 0.6) is 0 Å². The first-order valence-corrected chi connectivity index (χ1v) is 12.1. The number of fused-ring (bicyclic) bond motifs is 3. The van der Waals surface area contributed by atoms with Crippen LogP contribution < -0.4 is 5.73 Å². The van der Waals surface area contributed by atoms with Crippen molar-refractivity contribution in [3.8, 4) is 5.69 Å². The molecule has 5 nitrogen and oxygen atoms in total. The summed E-state index contributed by atoms with van der Waals surface area (Å²) >= 11 is 0. The van der Waals surface area contributed by atoms with Gasteiger partial charge in [-0.2, -0.15) is 0 Å². The minimum absolute atomic E-state index is 0.148. The van der Waals surface area contributed by atoms with Crippen LogP contribution in [-0.4, -0.2) is 40.7 Å². The zero-order valence-electron chi connectivity index (χ0n) is 19.9. The van der Waals surface area contributed by atoms with Crippen LogP contribution in [0.2, 0.25) is 0 Å². The summed E-state index contributed by atoms with van der Waals surface area (Å²) in [5.41, 5.74) is 10.1. The first kappa shape index (κ1) is 24.4. The number of ether oxygens (including phenoxy) is 1. The fourth-order valence-corrected chi connectivity index (χ4v) is 4.78. The van der Waals surface area contributed by atoms with Crippen LogP contribution in [0.3, 0.4) is 0 Å². The molecule has 7 heteroatoms. The number of aromatic nitrogens is 1. The van der Waals surface area contributed by atoms with Gasteiger partial charge in [0.15, 0.2) is 0 Å². The predicted molar refractivity (Wildman–Crippen MR) is 130 cm³/mol. The monoisotopic (exact) mass is 469 g/mol. The highest BCUT2D eigenvalue weighted by Gasteiger charge is 2.25. The lowest BCUT2D eigenvalue weighted by Crippen LogP contribution is -2.34. The number of hydrogen-bond acceptors (Lipinski definition) is 4. The Hall–Kier alpha value is -2.77. The molecule has 0 saturated heterocycles. The molecule has 2 aromatic carbocycles. The second-order valence-electron chi connectivity index (χ2n) is 9.37. The van der Waals surface area contributed by atoms with Crippen molar-refractivity contribution < 1.29 is 18.3 Å². The van der Waals surface area contributed by atoms with E-state index in [9.17, 15) is 13.6 Å². The first-order valence-electron chi connectivity index (χ1n) is 12.1. The second-order valence-corrected chi connectivity index (χ2v) is 9.37. The predicted octanol–water partition coefficient (Wildman–Crippen LogP) is 5.11. The zero-order valence-corrected chi connectivity index (χ0v) is 19.9. The molecule has 1 atom stereocenters. The van der Waals surface area contributed by atoms with Crippen molar-refractivity contribution in [2.45, 2.75) is 64.6 Å². The third-order valence-corrected chi connectivity index (χ3v) is 6.42. The Morgan fingerprint density at radius 2 is 1.79 bits per heavy atom. The molecule has 2 heterocycles. The van der Waals surface area contributed by atoms with Crippen molar-refractivity contribution in [2.75, 3.05) is 13.1 Å². The van der Waals surface area contributed by atoms with Crippen molar-refractivity contribution in [1.82, 2.24) is 9.47 Å². The van der Waals surface area contributed by atoms with Crippen LogP contribution in [-0.2, 0) is 22.5 Å². The topological polar surface area (TPSA) is 60.5 Å². The molecule has 0 fully saturated rings. The number of unbranched alkanes of at least 4 members (excludes halogenated alkanes) is 2. The Morgan fingerprint density at radius 3 is 2.53 bits per heavy atom. The number of halogens is 2. The van der Waals surface area contributed by atoms with Gasteiger partial charge >= 0.3 is 5.97 Å². The van der Waals surface area contributed by atoms with Gasteiger partial charge in [-0.15, -0.1) is 0 Å². The normalized spacial score (nSPS) is 15.0. The maximum Gasteiger partial charge on any atom is 0.323 e. The summed E-state index contributed by atoms with van der Waals surface area (Å²) in [6, 6.07) is 10.8. The Labute approximate surface area is 199 Å². The van der Waals surface area contributed by atoms with Gasteiger partial charge in [0.2, 0.25) is 0 Å². The minimum Gasteiger partial charge on any atom is -0.462 e. The van der Waals surface area contributed by atoms with Gasteiger partial charge in [0.1, 0.15) is 17.7 Å². The maximum atomic E-state index is 14.1. The highest BCUT2D eigenvalue weighted by Crippen LogP contribution is 2.34. The number of esters is 1. The van der Waals surface area contributed by atoms with E-state index in [-0.39, 0.29) is 23.7 Å². The average molecular weight is 470 g/mol. The molecule has 1 aromatic heterocycles. The van der Waals surface area contributed by atoms with E-state index < -0.39 is 6.04 Å². The largest absolute Gasteiger partial charge is 0.462 e. The van der Waals surface area contributed by atoms with Gasteiger partial charge in [-0.1, -0.05) is 12.8 Å². The van der Waals surface area contributed by atoms with Gasteiger partial charge in [-0.05, 0) is 81.3 Å². The molecule has 4 rings (SSSR count). The van der Waals surface area contributed by atoms with E-state index in [1.165, 1.54) is 18.2 Å². The van der Waals surface area contributed by atoms with Crippen molar-refractivity contribution in [2.24, 2.45) is 5.73 Å². The summed E-state index contributed by atoms with van der Waals surface area (Å²) in [4.78, 5) is 14.2. The Morgan fingerprint density at radius 1 is 1.06 bits per heavy atom. The van der Waals surface area contributed by atoms with Crippen LogP contribution in [0, 0.1) is 11.6 Å². The highest BCUT2D eigenvalue weighted by atomic mass is 19.1. The van der Waals surface area contributed by atoms with Crippen LogP contribution >= 0.6 is 0 Å². The quantitative estimate of drug-likeness (QED) is 0.350. The van der Waals surface area contributed by atoms with E-state index >= 15 is 0 Å². The van der Waals surface area contributed by atoms with Gasteiger partial charge in [0.25, 0.3) is 0 Å². The average Bonchev–Trinajstić information content (AvgIpc) is 3.11. The summed E-state index contributed by atoms with van der Waals surface area (Å²) in [6.45, 7) is 6.24. The molecule has 34 heavy (non-hydrogen) atoms. The van der Waals surface area contributed by atoms with Crippen molar-refractivity contribution in [1.29, 1.82) is 0 Å². The molecule has 0 radical (unpaired) electrons. The number of hydrogen-bond donors (Lipinski definition) is 1. The van der Waals surface area contributed by atoms with E-state index in [1.54, 1.807) is 18.2 Å². The fourth-order valence-electron chi connectivity index (χ4n) is 4.78. The molecular weight excluding hydrogens is 436 g/mol. The maximum absolute atomic E-state index is 14.1. The van der Waals surface area contributed by atoms with Gasteiger partial charge < -0.3 is 15.0 Å². The fraction of sp³-hybridized carbons (Fsp3) is 0.444.